The molecular formula is C14H17N3O3S. The third-order valence-electron chi connectivity index (χ3n) is 3.60. The summed E-state index contributed by atoms with van der Waals surface area (Å²) in [6.07, 6.45) is 4.58. The van der Waals surface area contributed by atoms with Crippen molar-refractivity contribution in [3.8, 4) is 10.8 Å². The molecule has 0 saturated heterocycles. The fraction of sp³-hybridized carbons (Fsp3) is 0.500. The number of likely N-dealkylation sites (N-methyl/N-ethyl adjacent to an activating group) is 1. The Kier molecular flexibility index (Phi) is 3.67. The molecule has 6 nitrogen and oxygen atoms in total. The first-order valence-electron chi connectivity index (χ1n) is 6.94. The van der Waals surface area contributed by atoms with Gasteiger partial charge in [-0.2, -0.15) is 4.68 Å². The number of aromatic nitrogens is 2. The summed E-state index contributed by atoms with van der Waals surface area (Å²) in [5, 5.41) is 4.15. The van der Waals surface area contributed by atoms with Gasteiger partial charge in [-0.3, -0.25) is 4.79 Å². The molecule has 0 aliphatic heterocycles. The van der Waals surface area contributed by atoms with Crippen LogP contribution in [-0.4, -0.2) is 34.7 Å². The second-order valence-electron chi connectivity index (χ2n) is 5.39. The van der Waals surface area contributed by atoms with Crippen molar-refractivity contribution in [3.05, 3.63) is 27.1 Å². The van der Waals surface area contributed by atoms with Gasteiger partial charge in [-0.15, -0.1) is 16.4 Å². The number of aryl methyl sites for hydroxylation is 2. The fourth-order valence-electron chi connectivity index (χ4n) is 2.37. The van der Waals surface area contributed by atoms with Crippen LogP contribution in [0, 0.1) is 0 Å². The molecular weight excluding hydrogens is 290 g/mol. The van der Waals surface area contributed by atoms with E-state index in [9.17, 15) is 9.59 Å². The fourth-order valence-corrected chi connectivity index (χ4v) is 3.55. The van der Waals surface area contributed by atoms with E-state index in [2.05, 4.69) is 11.2 Å². The summed E-state index contributed by atoms with van der Waals surface area (Å²) in [6, 6.07) is 2.06. The summed E-state index contributed by atoms with van der Waals surface area (Å²) >= 11 is 1.63. The van der Waals surface area contributed by atoms with Gasteiger partial charge < -0.3 is 9.32 Å². The van der Waals surface area contributed by atoms with Gasteiger partial charge in [0.15, 0.2) is 0 Å². The summed E-state index contributed by atoms with van der Waals surface area (Å²) < 4.78 is 6.27. The predicted molar refractivity (Wildman–Crippen MR) is 79.4 cm³/mol. The number of amides is 1. The van der Waals surface area contributed by atoms with E-state index in [4.69, 9.17) is 4.42 Å². The smallest absolute Gasteiger partial charge is 0.387 e. The third kappa shape index (κ3) is 2.78. The van der Waals surface area contributed by atoms with Gasteiger partial charge in [-0.25, -0.2) is 4.79 Å². The molecule has 2 aromatic heterocycles. The highest BCUT2D eigenvalue weighted by molar-refractivity contribution is 7.15. The Balaban J connectivity index is 1.88. The lowest BCUT2D eigenvalue weighted by Gasteiger charge is -2.08. The molecule has 0 atom stereocenters. The quantitative estimate of drug-likeness (QED) is 0.862. The molecule has 112 valence electrons. The van der Waals surface area contributed by atoms with Gasteiger partial charge >= 0.3 is 5.76 Å². The van der Waals surface area contributed by atoms with Gasteiger partial charge in [0.25, 0.3) is 5.89 Å². The number of carbonyl (C=O) groups excluding carboxylic acids is 1. The highest BCUT2D eigenvalue weighted by atomic mass is 32.1. The number of hydrogen-bond acceptors (Lipinski definition) is 5. The second-order valence-corrected chi connectivity index (χ2v) is 6.52. The number of hydrogen-bond donors (Lipinski definition) is 0. The van der Waals surface area contributed by atoms with Crippen molar-refractivity contribution in [2.75, 3.05) is 14.1 Å². The van der Waals surface area contributed by atoms with Crippen LogP contribution in [0.15, 0.2) is 15.3 Å². The molecule has 0 N–H and O–H groups in total. The van der Waals surface area contributed by atoms with E-state index in [-0.39, 0.29) is 12.5 Å². The number of nitrogens with zero attached hydrogens (tertiary/aromatic N) is 3. The lowest BCUT2D eigenvalue weighted by atomic mass is 9.99. The van der Waals surface area contributed by atoms with E-state index in [1.165, 1.54) is 28.2 Å². The SMILES string of the molecule is CN(C)C(=O)Cn1nc(-c2cc3c(s2)CCCC3)oc1=O. The summed E-state index contributed by atoms with van der Waals surface area (Å²) in [7, 11) is 3.28. The maximum Gasteiger partial charge on any atom is 0.437 e. The van der Waals surface area contributed by atoms with Gasteiger partial charge in [-0.1, -0.05) is 0 Å². The minimum atomic E-state index is -0.591. The van der Waals surface area contributed by atoms with E-state index in [0.717, 1.165) is 22.4 Å². The van der Waals surface area contributed by atoms with Crippen LogP contribution in [-0.2, 0) is 24.2 Å². The first kappa shape index (κ1) is 14.1. The molecule has 0 unspecified atom stereocenters. The van der Waals surface area contributed by atoms with Crippen LogP contribution in [0.5, 0.6) is 0 Å². The van der Waals surface area contributed by atoms with Gasteiger partial charge in [0.05, 0.1) is 4.88 Å². The lowest BCUT2D eigenvalue weighted by Crippen LogP contribution is -2.30. The summed E-state index contributed by atoms with van der Waals surface area (Å²) in [6.45, 7) is -0.0968. The Morgan fingerprint density at radius 3 is 2.90 bits per heavy atom. The molecule has 0 bridgehead atoms. The first-order chi connectivity index (χ1) is 10.0. The Morgan fingerprint density at radius 1 is 1.43 bits per heavy atom. The Hall–Kier alpha value is -1.89. The molecule has 0 saturated carbocycles. The van der Waals surface area contributed by atoms with Crippen molar-refractivity contribution < 1.29 is 9.21 Å². The predicted octanol–water partition coefficient (Wildman–Crippen LogP) is 1.53. The molecule has 1 aliphatic carbocycles. The van der Waals surface area contributed by atoms with Crippen molar-refractivity contribution in [2.45, 2.75) is 32.2 Å². The van der Waals surface area contributed by atoms with Gasteiger partial charge in [-0.05, 0) is 37.3 Å². The maximum atomic E-state index is 11.8. The molecule has 0 aromatic carbocycles. The minimum absolute atomic E-state index is 0.0968. The Labute approximate surface area is 126 Å². The average Bonchev–Trinajstić information content (AvgIpc) is 3.02. The third-order valence-corrected chi connectivity index (χ3v) is 4.82. The zero-order valence-corrected chi connectivity index (χ0v) is 12.9. The van der Waals surface area contributed by atoms with Crippen LogP contribution in [0.1, 0.15) is 23.3 Å². The van der Waals surface area contributed by atoms with E-state index in [1.807, 2.05) is 0 Å². The van der Waals surface area contributed by atoms with Gasteiger partial charge in [0.2, 0.25) is 5.91 Å². The molecule has 2 aromatic rings. The molecule has 0 fully saturated rings. The summed E-state index contributed by atoms with van der Waals surface area (Å²) in [4.78, 5) is 27.1. The van der Waals surface area contributed by atoms with E-state index in [1.54, 1.807) is 25.4 Å². The normalized spacial score (nSPS) is 14.0. The van der Waals surface area contributed by atoms with Crippen LogP contribution in [0.4, 0.5) is 0 Å². The first-order valence-corrected chi connectivity index (χ1v) is 7.76. The number of fused-ring (bicyclic) bond motifs is 1. The standard InChI is InChI=1S/C14H17N3O3S/c1-16(2)12(18)8-17-14(19)20-13(15-17)11-7-9-5-3-4-6-10(9)21-11/h7H,3-6,8H2,1-2H3. The molecule has 1 amide bonds. The van der Waals surface area contributed by atoms with E-state index in [0.29, 0.717) is 5.89 Å². The van der Waals surface area contributed by atoms with Crippen LogP contribution < -0.4 is 5.76 Å². The van der Waals surface area contributed by atoms with Crippen LogP contribution >= 0.6 is 11.3 Å². The zero-order chi connectivity index (χ0) is 15.0. The highest BCUT2D eigenvalue weighted by Gasteiger charge is 2.19. The summed E-state index contributed by atoms with van der Waals surface area (Å²) in [5.74, 6) is -0.472. The van der Waals surface area contributed by atoms with Gasteiger partial charge in [0, 0.05) is 19.0 Å². The molecule has 3 rings (SSSR count). The average molecular weight is 307 g/mol. The van der Waals surface area contributed by atoms with Crippen molar-refractivity contribution in [3.63, 3.8) is 0 Å². The second kappa shape index (κ2) is 5.48. The highest BCUT2D eigenvalue weighted by Crippen LogP contribution is 2.34. The topological polar surface area (TPSA) is 68.3 Å². The van der Waals surface area contributed by atoms with Crippen LogP contribution in [0.2, 0.25) is 0 Å². The lowest BCUT2D eigenvalue weighted by molar-refractivity contribution is -0.129. The minimum Gasteiger partial charge on any atom is -0.387 e. The van der Waals surface area contributed by atoms with Crippen molar-refractivity contribution in [1.82, 2.24) is 14.7 Å². The van der Waals surface area contributed by atoms with Crippen molar-refractivity contribution in [2.24, 2.45) is 0 Å². The molecule has 2 heterocycles. The Bertz CT molecular complexity index is 703. The number of thiophene rings is 1. The number of rotatable bonds is 3. The molecule has 7 heteroatoms. The largest absolute Gasteiger partial charge is 0.437 e. The van der Waals surface area contributed by atoms with Gasteiger partial charge in [0.1, 0.15) is 6.54 Å². The number of carbonyl (C=O) groups is 1. The van der Waals surface area contributed by atoms with E-state index >= 15 is 0 Å². The van der Waals surface area contributed by atoms with Crippen molar-refractivity contribution in [1.29, 1.82) is 0 Å². The molecule has 21 heavy (non-hydrogen) atoms. The molecule has 0 radical (unpaired) electrons. The maximum absolute atomic E-state index is 11.8. The summed E-state index contributed by atoms with van der Waals surface area (Å²) in [5.41, 5.74) is 1.34. The van der Waals surface area contributed by atoms with Crippen molar-refractivity contribution >= 4 is 17.2 Å². The zero-order valence-electron chi connectivity index (χ0n) is 12.1. The Morgan fingerprint density at radius 2 is 2.19 bits per heavy atom. The van der Waals surface area contributed by atoms with E-state index < -0.39 is 5.76 Å². The van der Waals surface area contributed by atoms with Crippen LogP contribution in [0.25, 0.3) is 10.8 Å². The monoisotopic (exact) mass is 307 g/mol. The molecule has 0 spiro atoms. The van der Waals surface area contributed by atoms with Crippen LogP contribution in [0.3, 0.4) is 0 Å². The molecule has 1 aliphatic rings.